The van der Waals surface area contributed by atoms with Crippen LogP contribution in [0.1, 0.15) is 36.5 Å². The number of furan rings is 1. The minimum absolute atomic E-state index is 0.0507. The van der Waals surface area contributed by atoms with Crippen LogP contribution in [0.2, 0.25) is 0 Å². The first-order valence-corrected chi connectivity index (χ1v) is 13.9. The van der Waals surface area contributed by atoms with E-state index in [2.05, 4.69) is 4.98 Å². The number of hydrogen-bond donors (Lipinski definition) is 0. The number of thioether (sulfide) groups is 1. The van der Waals surface area contributed by atoms with E-state index in [0.29, 0.717) is 28.1 Å². The summed E-state index contributed by atoms with van der Waals surface area (Å²) in [4.78, 5) is 21.2. The molecule has 2 aliphatic heterocycles. The molecule has 0 atom stereocenters. The third-order valence-corrected chi connectivity index (χ3v) is 8.89. The highest BCUT2D eigenvalue weighted by molar-refractivity contribution is 8.26. The molecule has 0 unspecified atom stereocenters. The summed E-state index contributed by atoms with van der Waals surface area (Å²) in [6.07, 6.45) is 5.95. The standard InChI is InChI=1S/C24H23N3O5S3/c1-16-7-9-18(10-8-16)35(29,30)21-23(26-11-3-2-4-12-26)32-20(25-21)14-19-22(28)27(24(33)34-19)15-17-6-5-13-31-17/h5-10,13-14H,2-4,11-12,15H2,1H3. The van der Waals surface area contributed by atoms with Gasteiger partial charge in [-0.05, 0) is 50.5 Å². The van der Waals surface area contributed by atoms with Gasteiger partial charge < -0.3 is 13.7 Å². The molecule has 11 heteroatoms. The number of carbonyl (C=O) groups is 1. The van der Waals surface area contributed by atoms with Gasteiger partial charge in [0.2, 0.25) is 26.6 Å². The average Bonchev–Trinajstić information content (AvgIpc) is 3.58. The molecular formula is C24H23N3O5S3. The van der Waals surface area contributed by atoms with Gasteiger partial charge in [0.05, 0.1) is 22.6 Å². The Kier molecular flexibility index (Phi) is 6.56. The average molecular weight is 530 g/mol. The molecule has 2 fully saturated rings. The van der Waals surface area contributed by atoms with E-state index >= 15 is 0 Å². The van der Waals surface area contributed by atoms with Gasteiger partial charge in [0, 0.05) is 19.2 Å². The number of hydrogen-bond acceptors (Lipinski definition) is 9. The van der Waals surface area contributed by atoms with Crippen molar-refractivity contribution in [3.8, 4) is 0 Å². The summed E-state index contributed by atoms with van der Waals surface area (Å²) in [5, 5.41) is -0.138. The lowest BCUT2D eigenvalue weighted by Crippen LogP contribution is -2.30. The fourth-order valence-corrected chi connectivity index (χ4v) is 6.53. The second-order valence-electron chi connectivity index (χ2n) is 8.37. The van der Waals surface area contributed by atoms with Crippen molar-refractivity contribution in [2.45, 2.75) is 42.7 Å². The Morgan fingerprint density at radius 2 is 1.89 bits per heavy atom. The van der Waals surface area contributed by atoms with Gasteiger partial charge >= 0.3 is 0 Å². The van der Waals surface area contributed by atoms with Crippen LogP contribution in [0.15, 0.2) is 66.3 Å². The molecule has 8 nitrogen and oxygen atoms in total. The van der Waals surface area contributed by atoms with Gasteiger partial charge in [0.1, 0.15) is 10.1 Å². The Morgan fingerprint density at radius 3 is 2.57 bits per heavy atom. The van der Waals surface area contributed by atoms with Crippen molar-refractivity contribution in [1.29, 1.82) is 0 Å². The van der Waals surface area contributed by atoms with E-state index in [9.17, 15) is 13.2 Å². The Hall–Kier alpha value is -2.89. The van der Waals surface area contributed by atoms with Gasteiger partial charge in [0.25, 0.3) is 5.91 Å². The number of rotatable bonds is 6. The van der Waals surface area contributed by atoms with Crippen molar-refractivity contribution >= 4 is 56.0 Å². The highest BCUT2D eigenvalue weighted by Gasteiger charge is 2.35. The van der Waals surface area contributed by atoms with E-state index in [0.717, 1.165) is 36.6 Å². The third-order valence-electron chi connectivity index (χ3n) is 5.85. The summed E-state index contributed by atoms with van der Waals surface area (Å²) < 4.78 is 38.7. The number of oxazole rings is 1. The minimum Gasteiger partial charge on any atom is -0.467 e. The lowest BCUT2D eigenvalue weighted by Gasteiger charge is -2.26. The number of nitrogens with zero attached hydrogens (tertiary/aromatic N) is 3. The smallest absolute Gasteiger partial charge is 0.266 e. The van der Waals surface area contributed by atoms with Gasteiger partial charge in [0.15, 0.2) is 0 Å². The Bertz CT molecular complexity index is 1390. The number of amides is 1. The largest absolute Gasteiger partial charge is 0.467 e. The third kappa shape index (κ3) is 4.80. The van der Waals surface area contributed by atoms with Gasteiger partial charge in [-0.25, -0.2) is 8.42 Å². The fraction of sp³-hybridized carbons (Fsp3) is 0.292. The number of carbonyl (C=O) groups excluding carboxylic acids is 1. The Balaban J connectivity index is 1.51. The summed E-state index contributed by atoms with van der Waals surface area (Å²) in [5.41, 5.74) is 0.956. The van der Waals surface area contributed by atoms with Crippen LogP contribution < -0.4 is 4.90 Å². The van der Waals surface area contributed by atoms with Crippen molar-refractivity contribution in [2.24, 2.45) is 0 Å². The molecule has 182 valence electrons. The van der Waals surface area contributed by atoms with Crippen molar-refractivity contribution < 1.29 is 22.0 Å². The predicted octanol–water partition coefficient (Wildman–Crippen LogP) is 4.80. The Labute approximate surface area is 212 Å². The second kappa shape index (κ2) is 9.63. The van der Waals surface area contributed by atoms with Gasteiger partial charge in [-0.2, -0.15) is 4.98 Å². The van der Waals surface area contributed by atoms with Gasteiger partial charge in [-0.15, -0.1) is 0 Å². The summed E-state index contributed by atoms with van der Waals surface area (Å²) >= 11 is 6.50. The summed E-state index contributed by atoms with van der Waals surface area (Å²) in [7, 11) is -3.93. The number of anilines is 1. The van der Waals surface area contributed by atoms with Crippen molar-refractivity contribution in [1.82, 2.24) is 9.88 Å². The maximum Gasteiger partial charge on any atom is 0.266 e. The molecule has 0 spiro atoms. The summed E-state index contributed by atoms with van der Waals surface area (Å²) in [6.45, 7) is 3.46. The molecule has 2 saturated heterocycles. The van der Waals surface area contributed by atoms with E-state index in [-0.39, 0.29) is 34.1 Å². The second-order valence-corrected chi connectivity index (χ2v) is 11.9. The van der Waals surface area contributed by atoms with Crippen LogP contribution in [0.4, 0.5) is 5.88 Å². The van der Waals surface area contributed by atoms with Crippen molar-refractivity contribution in [3.05, 3.63) is 64.8 Å². The van der Waals surface area contributed by atoms with Crippen molar-refractivity contribution in [2.75, 3.05) is 18.0 Å². The SMILES string of the molecule is Cc1ccc(S(=O)(=O)c2nc(C=C3SC(=S)N(Cc4ccco4)C3=O)oc2N2CCCCC2)cc1. The van der Waals surface area contributed by atoms with Crippen LogP contribution in [-0.2, 0) is 21.2 Å². The zero-order valence-corrected chi connectivity index (χ0v) is 21.4. The molecule has 2 aromatic heterocycles. The highest BCUT2D eigenvalue weighted by Crippen LogP contribution is 2.37. The molecule has 2 aliphatic rings. The summed E-state index contributed by atoms with van der Waals surface area (Å²) in [5.74, 6) is 0.562. The predicted molar refractivity (Wildman–Crippen MR) is 137 cm³/mol. The van der Waals surface area contributed by atoms with E-state index in [1.807, 2.05) is 11.8 Å². The lowest BCUT2D eigenvalue weighted by molar-refractivity contribution is -0.122. The van der Waals surface area contributed by atoms with Crippen LogP contribution in [-0.4, -0.2) is 41.6 Å². The molecular weight excluding hydrogens is 506 g/mol. The topological polar surface area (TPSA) is 96.9 Å². The van der Waals surface area contributed by atoms with E-state index < -0.39 is 9.84 Å². The lowest BCUT2D eigenvalue weighted by atomic mass is 10.1. The van der Waals surface area contributed by atoms with Gasteiger partial charge in [-0.3, -0.25) is 9.69 Å². The van der Waals surface area contributed by atoms with Crippen LogP contribution >= 0.6 is 24.0 Å². The number of thiocarbonyl (C=S) groups is 1. The molecule has 3 aromatic rings. The molecule has 0 bridgehead atoms. The molecule has 0 radical (unpaired) electrons. The monoisotopic (exact) mass is 529 g/mol. The number of aryl methyl sites for hydroxylation is 1. The first-order chi connectivity index (χ1) is 16.8. The molecule has 35 heavy (non-hydrogen) atoms. The van der Waals surface area contributed by atoms with Crippen LogP contribution in [0.25, 0.3) is 6.08 Å². The summed E-state index contributed by atoms with van der Waals surface area (Å²) in [6, 6.07) is 10.1. The molecule has 0 saturated carbocycles. The number of piperidine rings is 1. The highest BCUT2D eigenvalue weighted by atomic mass is 32.2. The fourth-order valence-electron chi connectivity index (χ4n) is 3.98. The molecule has 1 aromatic carbocycles. The van der Waals surface area contributed by atoms with Crippen molar-refractivity contribution in [3.63, 3.8) is 0 Å². The van der Waals surface area contributed by atoms with E-state index in [1.165, 1.54) is 17.2 Å². The quantitative estimate of drug-likeness (QED) is 0.329. The van der Waals surface area contributed by atoms with E-state index in [4.69, 9.17) is 21.1 Å². The number of sulfone groups is 1. The molecule has 0 aliphatic carbocycles. The first kappa shape index (κ1) is 23.8. The normalized spacial score (nSPS) is 18.1. The molecule has 1 amide bonds. The van der Waals surface area contributed by atoms with Crippen LogP contribution in [0.5, 0.6) is 0 Å². The van der Waals surface area contributed by atoms with Gasteiger partial charge in [-0.1, -0.05) is 41.7 Å². The molecule has 5 rings (SSSR count). The van der Waals surface area contributed by atoms with E-state index in [1.54, 1.807) is 36.4 Å². The zero-order valence-electron chi connectivity index (χ0n) is 19.0. The zero-order chi connectivity index (χ0) is 24.6. The Morgan fingerprint density at radius 1 is 1.14 bits per heavy atom. The first-order valence-electron chi connectivity index (χ1n) is 11.2. The number of aromatic nitrogens is 1. The maximum atomic E-state index is 13.5. The van der Waals surface area contributed by atoms with Crippen LogP contribution in [0.3, 0.4) is 0 Å². The maximum absolute atomic E-state index is 13.5. The van der Waals surface area contributed by atoms with Crippen LogP contribution in [0, 0.1) is 6.92 Å². The minimum atomic E-state index is -3.93. The molecule has 0 N–H and O–H groups in total. The number of benzene rings is 1. The molecule has 4 heterocycles.